The molecule has 0 bridgehead atoms. The summed E-state index contributed by atoms with van der Waals surface area (Å²) >= 11 is 0. The van der Waals surface area contributed by atoms with Crippen LogP contribution >= 0.6 is 0 Å². The highest BCUT2D eigenvalue weighted by molar-refractivity contribution is 5.96. The van der Waals surface area contributed by atoms with Crippen molar-refractivity contribution < 1.29 is 18.0 Å². The number of alkyl halides is 3. The maximum atomic E-state index is 13.0. The van der Waals surface area contributed by atoms with Gasteiger partial charge in [-0.15, -0.1) is 0 Å². The van der Waals surface area contributed by atoms with Gasteiger partial charge in [0.05, 0.1) is 11.6 Å². The van der Waals surface area contributed by atoms with Crippen LogP contribution in [0.1, 0.15) is 29.2 Å². The van der Waals surface area contributed by atoms with Crippen molar-refractivity contribution in [3.8, 4) is 0 Å². The first-order chi connectivity index (χ1) is 14.1. The quantitative estimate of drug-likeness (QED) is 0.775. The zero-order chi connectivity index (χ0) is 22.1. The molecule has 1 saturated heterocycles. The number of carbonyl (C=O) groups excluding carboxylic acids is 1. The smallest absolute Gasteiger partial charge is 0.369 e. The second kappa shape index (κ2) is 8.68. The van der Waals surface area contributed by atoms with E-state index >= 15 is 0 Å². The minimum absolute atomic E-state index is 0.0717. The highest BCUT2D eigenvalue weighted by Gasteiger charge is 2.31. The van der Waals surface area contributed by atoms with Gasteiger partial charge in [0.1, 0.15) is 0 Å². The molecule has 7 heteroatoms. The molecule has 0 spiro atoms. The molecule has 0 unspecified atom stereocenters. The van der Waals surface area contributed by atoms with Crippen molar-refractivity contribution in [3.63, 3.8) is 0 Å². The lowest BCUT2D eigenvalue weighted by molar-refractivity contribution is -0.137. The minimum atomic E-state index is -4.35. The van der Waals surface area contributed by atoms with E-state index in [0.29, 0.717) is 31.9 Å². The Morgan fingerprint density at radius 1 is 1.00 bits per heavy atom. The molecule has 2 aromatic rings. The number of halogens is 3. The number of amides is 1. The Morgan fingerprint density at radius 3 is 2.17 bits per heavy atom. The van der Waals surface area contributed by atoms with Gasteiger partial charge in [0.2, 0.25) is 5.91 Å². The number of benzene rings is 2. The number of piperazine rings is 1. The molecule has 1 aliphatic rings. The van der Waals surface area contributed by atoms with Crippen LogP contribution in [-0.2, 0) is 11.0 Å². The van der Waals surface area contributed by atoms with Crippen LogP contribution in [0.25, 0.3) is 0 Å². The topological polar surface area (TPSA) is 35.6 Å². The fourth-order valence-corrected chi connectivity index (χ4v) is 4.02. The van der Waals surface area contributed by atoms with Crippen LogP contribution in [0, 0.1) is 20.8 Å². The van der Waals surface area contributed by atoms with E-state index in [1.54, 1.807) is 6.07 Å². The highest BCUT2D eigenvalue weighted by Crippen LogP contribution is 2.32. The maximum absolute atomic E-state index is 13.0. The van der Waals surface area contributed by atoms with Gasteiger partial charge in [0.15, 0.2) is 0 Å². The third-order valence-electron chi connectivity index (χ3n) is 5.71. The summed E-state index contributed by atoms with van der Waals surface area (Å²) in [5.41, 5.74) is 3.98. The van der Waals surface area contributed by atoms with Gasteiger partial charge in [-0.1, -0.05) is 23.8 Å². The van der Waals surface area contributed by atoms with Crippen LogP contribution in [0.3, 0.4) is 0 Å². The molecular formula is C23H28F3N3O. The van der Waals surface area contributed by atoms with E-state index in [4.69, 9.17) is 0 Å². The largest absolute Gasteiger partial charge is 0.416 e. The van der Waals surface area contributed by atoms with Crippen LogP contribution in [0.15, 0.2) is 36.4 Å². The van der Waals surface area contributed by atoms with E-state index in [1.807, 2.05) is 44.7 Å². The molecule has 1 atom stereocenters. The number of anilines is 2. The van der Waals surface area contributed by atoms with E-state index in [-0.39, 0.29) is 11.9 Å². The summed E-state index contributed by atoms with van der Waals surface area (Å²) in [7, 11) is 0. The van der Waals surface area contributed by atoms with E-state index in [1.165, 1.54) is 12.1 Å². The summed E-state index contributed by atoms with van der Waals surface area (Å²) in [6.07, 6.45) is -4.35. The molecule has 0 radical (unpaired) electrons. The number of hydrogen-bond acceptors (Lipinski definition) is 3. The molecule has 1 amide bonds. The average molecular weight is 419 g/mol. The molecule has 2 aromatic carbocycles. The molecule has 1 fully saturated rings. The summed E-state index contributed by atoms with van der Waals surface area (Å²) in [4.78, 5) is 16.8. The number of rotatable bonds is 4. The van der Waals surface area contributed by atoms with Gasteiger partial charge in [0.25, 0.3) is 0 Å². The van der Waals surface area contributed by atoms with Gasteiger partial charge in [-0.3, -0.25) is 9.69 Å². The van der Waals surface area contributed by atoms with Crippen molar-refractivity contribution in [2.45, 2.75) is 39.9 Å². The Labute approximate surface area is 175 Å². The first-order valence-corrected chi connectivity index (χ1v) is 10.1. The second-order valence-electron chi connectivity index (χ2n) is 8.01. The van der Waals surface area contributed by atoms with Crippen molar-refractivity contribution in [2.75, 3.05) is 36.4 Å². The van der Waals surface area contributed by atoms with Crippen LogP contribution in [0.5, 0.6) is 0 Å². The summed E-state index contributed by atoms with van der Waals surface area (Å²) < 4.78 is 38.9. The van der Waals surface area contributed by atoms with Gasteiger partial charge >= 0.3 is 6.18 Å². The maximum Gasteiger partial charge on any atom is 0.416 e. The van der Waals surface area contributed by atoms with Crippen molar-refractivity contribution in [1.29, 1.82) is 0 Å². The first-order valence-electron chi connectivity index (χ1n) is 10.1. The lowest BCUT2D eigenvalue weighted by atomic mass is 10.0. The number of nitrogens with zero attached hydrogens (tertiary/aromatic N) is 2. The van der Waals surface area contributed by atoms with Crippen LogP contribution in [0.2, 0.25) is 0 Å². The predicted octanol–water partition coefficient (Wildman–Crippen LogP) is 4.78. The molecular weight excluding hydrogens is 391 g/mol. The standard InChI is InChI=1S/C23H28F3N3O/c1-15-12-16(2)21(17(3)13-15)27-22(30)18(4)28-8-10-29(11-9-28)20-7-5-6-19(14-20)23(24,25)26/h5-7,12-14,18H,8-11H2,1-4H3,(H,27,30)/t18-/m1/s1. The van der Waals surface area contributed by atoms with Gasteiger partial charge in [-0.25, -0.2) is 0 Å². The summed E-state index contributed by atoms with van der Waals surface area (Å²) in [6, 6.07) is 9.17. The summed E-state index contributed by atoms with van der Waals surface area (Å²) in [5, 5.41) is 3.05. The summed E-state index contributed by atoms with van der Waals surface area (Å²) in [6.45, 7) is 10.2. The third-order valence-corrected chi connectivity index (χ3v) is 5.71. The predicted molar refractivity (Wildman–Crippen MR) is 114 cm³/mol. The lowest BCUT2D eigenvalue weighted by Gasteiger charge is -2.38. The van der Waals surface area contributed by atoms with Crippen molar-refractivity contribution >= 4 is 17.3 Å². The number of nitrogens with one attached hydrogen (secondary N) is 1. The third kappa shape index (κ3) is 4.95. The molecule has 4 nitrogen and oxygen atoms in total. The molecule has 1 N–H and O–H groups in total. The fraction of sp³-hybridized carbons (Fsp3) is 0.435. The molecule has 0 aromatic heterocycles. The van der Waals surface area contributed by atoms with E-state index in [0.717, 1.165) is 28.4 Å². The Morgan fingerprint density at radius 2 is 1.60 bits per heavy atom. The summed E-state index contributed by atoms with van der Waals surface area (Å²) in [5.74, 6) is -0.0717. The van der Waals surface area contributed by atoms with Crippen LogP contribution < -0.4 is 10.2 Å². The van der Waals surface area contributed by atoms with Crippen LogP contribution in [0.4, 0.5) is 24.5 Å². The van der Waals surface area contributed by atoms with Gasteiger partial charge < -0.3 is 10.2 Å². The van der Waals surface area contributed by atoms with Crippen LogP contribution in [-0.4, -0.2) is 43.0 Å². The Kier molecular flexibility index (Phi) is 6.41. The van der Waals surface area contributed by atoms with Crippen molar-refractivity contribution in [1.82, 2.24) is 4.90 Å². The van der Waals surface area contributed by atoms with Crippen molar-refractivity contribution in [2.24, 2.45) is 0 Å². The van der Waals surface area contributed by atoms with Gasteiger partial charge in [-0.05, 0) is 57.0 Å². The molecule has 30 heavy (non-hydrogen) atoms. The average Bonchev–Trinajstić information content (AvgIpc) is 2.69. The zero-order valence-electron chi connectivity index (χ0n) is 17.8. The van der Waals surface area contributed by atoms with E-state index < -0.39 is 11.7 Å². The molecule has 1 aliphatic heterocycles. The Bertz CT molecular complexity index is 895. The lowest BCUT2D eigenvalue weighted by Crippen LogP contribution is -2.53. The normalized spacial score (nSPS) is 16.4. The minimum Gasteiger partial charge on any atom is -0.369 e. The number of aryl methyl sites for hydroxylation is 3. The van der Waals surface area contributed by atoms with Gasteiger partial charge in [0, 0.05) is 37.6 Å². The monoisotopic (exact) mass is 419 g/mol. The van der Waals surface area contributed by atoms with Crippen molar-refractivity contribution in [3.05, 3.63) is 58.7 Å². The first kappa shape index (κ1) is 22.2. The Hall–Kier alpha value is -2.54. The molecule has 162 valence electrons. The number of hydrogen-bond donors (Lipinski definition) is 1. The molecule has 0 saturated carbocycles. The fourth-order valence-electron chi connectivity index (χ4n) is 4.02. The SMILES string of the molecule is Cc1cc(C)c(NC(=O)[C@@H](C)N2CCN(c3cccc(C(F)(F)F)c3)CC2)c(C)c1. The van der Waals surface area contributed by atoms with Gasteiger partial charge in [-0.2, -0.15) is 13.2 Å². The molecule has 1 heterocycles. The zero-order valence-corrected chi connectivity index (χ0v) is 17.8. The molecule has 0 aliphatic carbocycles. The Balaban J connectivity index is 1.62. The number of carbonyl (C=O) groups is 1. The highest BCUT2D eigenvalue weighted by atomic mass is 19.4. The molecule has 3 rings (SSSR count). The van der Waals surface area contributed by atoms with E-state index in [2.05, 4.69) is 10.2 Å². The second-order valence-corrected chi connectivity index (χ2v) is 8.01. The van der Waals surface area contributed by atoms with E-state index in [9.17, 15) is 18.0 Å².